The molecule has 0 saturated heterocycles. The molecule has 1 heterocycles. The monoisotopic (exact) mass is 471 g/mol. The van der Waals surface area contributed by atoms with Crippen LogP contribution in [0.5, 0.6) is 0 Å². The number of anilines is 1. The van der Waals surface area contributed by atoms with E-state index in [0.29, 0.717) is 10.7 Å². The molecular weight excluding hydrogens is 446 g/mol. The van der Waals surface area contributed by atoms with Crippen LogP contribution in [-0.2, 0) is 16.6 Å². The summed E-state index contributed by atoms with van der Waals surface area (Å²) in [5.74, 6) is -0.367. The first-order valence-corrected chi connectivity index (χ1v) is 12.6. The number of nitrogens with zero attached hydrogens (tertiary/aromatic N) is 3. The highest BCUT2D eigenvalue weighted by Gasteiger charge is 2.15. The fraction of sp³-hybridized carbons (Fsp3) is 0.318. The Morgan fingerprint density at radius 3 is 2.53 bits per heavy atom. The van der Waals surface area contributed by atoms with Gasteiger partial charge in [0, 0.05) is 25.1 Å². The normalized spacial score (nSPS) is 11.6. The van der Waals surface area contributed by atoms with Crippen molar-refractivity contribution < 1.29 is 13.2 Å². The number of amides is 1. The zero-order chi connectivity index (χ0) is 23.1. The third-order valence-corrected chi connectivity index (χ3v) is 7.34. The van der Waals surface area contributed by atoms with Crippen LogP contribution in [0.15, 0.2) is 47.4 Å². The van der Waals surface area contributed by atoms with Gasteiger partial charge < -0.3 is 0 Å². The molecule has 168 valence electrons. The van der Waals surface area contributed by atoms with E-state index in [-0.39, 0.29) is 23.8 Å². The molecule has 1 aromatic heterocycles. The first-order chi connectivity index (χ1) is 15.4. The van der Waals surface area contributed by atoms with E-state index in [2.05, 4.69) is 45.9 Å². The van der Waals surface area contributed by atoms with Crippen molar-refractivity contribution in [3.05, 3.63) is 53.6 Å². The van der Waals surface area contributed by atoms with Gasteiger partial charge in [-0.3, -0.25) is 15.0 Å². The predicted octanol–water partition coefficient (Wildman–Crippen LogP) is 3.58. The molecule has 10 heteroatoms. The highest BCUT2D eigenvalue weighted by atomic mass is 32.2. The molecule has 3 aromatic rings. The van der Waals surface area contributed by atoms with Crippen LogP contribution in [0.4, 0.5) is 5.13 Å². The number of sulfonamides is 1. The molecule has 32 heavy (non-hydrogen) atoms. The average molecular weight is 472 g/mol. The number of hydrogen-bond acceptors (Lipinski definition) is 7. The molecule has 0 spiro atoms. The first kappa shape index (κ1) is 23.8. The number of nitriles is 1. The van der Waals surface area contributed by atoms with Crippen LogP contribution >= 0.6 is 11.3 Å². The van der Waals surface area contributed by atoms with Crippen molar-refractivity contribution in [2.75, 3.05) is 25.0 Å². The Morgan fingerprint density at radius 1 is 1.16 bits per heavy atom. The number of benzene rings is 2. The highest BCUT2D eigenvalue weighted by Crippen LogP contribution is 2.27. The van der Waals surface area contributed by atoms with Crippen molar-refractivity contribution in [2.45, 2.75) is 31.7 Å². The second kappa shape index (κ2) is 10.7. The summed E-state index contributed by atoms with van der Waals surface area (Å²) >= 11 is 1.40. The summed E-state index contributed by atoms with van der Waals surface area (Å²) in [5.41, 5.74) is 2.34. The minimum atomic E-state index is -3.71. The van der Waals surface area contributed by atoms with Crippen LogP contribution in [0.2, 0.25) is 0 Å². The lowest BCUT2D eigenvalue weighted by Crippen LogP contribution is -2.24. The van der Waals surface area contributed by atoms with Gasteiger partial charge in [-0.05, 0) is 55.1 Å². The summed E-state index contributed by atoms with van der Waals surface area (Å²) in [6.45, 7) is 7.13. The maximum Gasteiger partial charge on any atom is 0.257 e. The number of carbonyl (C=O) groups is 1. The quantitative estimate of drug-likeness (QED) is 0.437. The maximum atomic E-state index is 12.6. The summed E-state index contributed by atoms with van der Waals surface area (Å²) in [6, 6.07) is 13.6. The van der Waals surface area contributed by atoms with Gasteiger partial charge in [-0.1, -0.05) is 31.3 Å². The van der Waals surface area contributed by atoms with Gasteiger partial charge in [0.2, 0.25) is 10.0 Å². The highest BCUT2D eigenvalue weighted by molar-refractivity contribution is 7.89. The Hall–Kier alpha value is -2.84. The van der Waals surface area contributed by atoms with E-state index in [4.69, 9.17) is 5.26 Å². The Bertz CT molecular complexity index is 1230. The Labute approximate surface area is 191 Å². The van der Waals surface area contributed by atoms with E-state index in [1.54, 1.807) is 0 Å². The van der Waals surface area contributed by atoms with Gasteiger partial charge in [0.15, 0.2) is 5.13 Å². The lowest BCUT2D eigenvalue weighted by atomic mass is 10.2. The van der Waals surface area contributed by atoms with Crippen molar-refractivity contribution in [2.24, 2.45) is 0 Å². The molecule has 0 fully saturated rings. The summed E-state index contributed by atoms with van der Waals surface area (Å²) in [6.07, 6.45) is 0.0822. The summed E-state index contributed by atoms with van der Waals surface area (Å²) in [7, 11) is -3.71. The number of nitrogens with one attached hydrogen (secondary N) is 2. The van der Waals surface area contributed by atoms with Crippen molar-refractivity contribution in [1.29, 1.82) is 5.26 Å². The predicted molar refractivity (Wildman–Crippen MR) is 126 cm³/mol. The smallest absolute Gasteiger partial charge is 0.257 e. The van der Waals surface area contributed by atoms with Gasteiger partial charge in [0.25, 0.3) is 5.91 Å². The number of hydrogen-bond donors (Lipinski definition) is 2. The molecule has 0 radical (unpaired) electrons. The zero-order valence-electron chi connectivity index (χ0n) is 18.0. The fourth-order valence-corrected chi connectivity index (χ4v) is 5.06. The maximum absolute atomic E-state index is 12.6. The standard InChI is InChI=1S/C22H25N5O3S2/c1-3-27(4-2)15-16-6-11-19-20(14-16)31-22(25-19)26-21(28)17-7-9-18(10-8-17)32(29,30)24-13-5-12-23/h6-11,14,24H,3-5,13,15H2,1-2H3,(H,25,26,28). The SMILES string of the molecule is CCN(CC)Cc1ccc2nc(NC(=O)c3ccc(S(=O)(=O)NCCC#N)cc3)sc2c1. The van der Waals surface area contributed by atoms with Gasteiger partial charge in [-0.15, -0.1) is 0 Å². The third-order valence-electron chi connectivity index (χ3n) is 4.93. The lowest BCUT2D eigenvalue weighted by molar-refractivity contribution is 0.102. The second-order valence-electron chi connectivity index (χ2n) is 7.07. The van der Waals surface area contributed by atoms with Gasteiger partial charge in [-0.25, -0.2) is 18.1 Å². The van der Waals surface area contributed by atoms with Gasteiger partial charge >= 0.3 is 0 Å². The average Bonchev–Trinajstić information content (AvgIpc) is 3.19. The van der Waals surface area contributed by atoms with Gasteiger partial charge in [0.1, 0.15) is 0 Å². The van der Waals surface area contributed by atoms with E-state index >= 15 is 0 Å². The van der Waals surface area contributed by atoms with E-state index in [9.17, 15) is 13.2 Å². The van der Waals surface area contributed by atoms with Crippen LogP contribution in [0.1, 0.15) is 36.2 Å². The topological polar surface area (TPSA) is 115 Å². The molecule has 0 bridgehead atoms. The largest absolute Gasteiger partial charge is 0.300 e. The molecule has 3 rings (SSSR count). The van der Waals surface area contributed by atoms with Crippen LogP contribution in [-0.4, -0.2) is 43.8 Å². The van der Waals surface area contributed by atoms with Crippen molar-refractivity contribution in [3.8, 4) is 6.07 Å². The molecule has 2 aromatic carbocycles. The number of carbonyl (C=O) groups excluding carboxylic acids is 1. The Balaban J connectivity index is 1.69. The molecule has 0 aliphatic heterocycles. The third kappa shape index (κ3) is 5.89. The summed E-state index contributed by atoms with van der Waals surface area (Å²) < 4.78 is 27.7. The molecule has 0 aliphatic carbocycles. The van der Waals surface area contributed by atoms with Crippen LogP contribution in [0.25, 0.3) is 10.2 Å². The number of fused-ring (bicyclic) bond motifs is 1. The molecule has 0 aliphatic rings. The van der Waals surface area contributed by atoms with Crippen molar-refractivity contribution >= 4 is 42.6 Å². The number of aromatic nitrogens is 1. The number of rotatable bonds is 10. The van der Waals surface area contributed by atoms with Crippen molar-refractivity contribution in [3.63, 3.8) is 0 Å². The van der Waals surface area contributed by atoms with Gasteiger partial charge in [0.05, 0.1) is 21.2 Å². The van der Waals surface area contributed by atoms with Crippen LogP contribution < -0.4 is 10.0 Å². The van der Waals surface area contributed by atoms with E-state index < -0.39 is 10.0 Å². The number of thiazole rings is 1. The van der Waals surface area contributed by atoms with E-state index in [1.165, 1.54) is 41.2 Å². The summed E-state index contributed by atoms with van der Waals surface area (Å²) in [5, 5.41) is 11.8. The second-order valence-corrected chi connectivity index (χ2v) is 9.86. The molecule has 8 nitrogen and oxygen atoms in total. The van der Waals surface area contributed by atoms with E-state index in [1.807, 2.05) is 12.1 Å². The molecular formula is C22H25N5O3S2. The van der Waals surface area contributed by atoms with E-state index in [0.717, 1.165) is 29.9 Å². The summed E-state index contributed by atoms with van der Waals surface area (Å²) in [4.78, 5) is 19.4. The molecule has 0 saturated carbocycles. The van der Waals surface area contributed by atoms with Crippen LogP contribution in [0, 0.1) is 11.3 Å². The van der Waals surface area contributed by atoms with Gasteiger partial charge in [-0.2, -0.15) is 5.26 Å². The minimum Gasteiger partial charge on any atom is -0.300 e. The molecule has 0 unspecified atom stereocenters. The Kier molecular flexibility index (Phi) is 7.93. The fourth-order valence-electron chi connectivity index (χ4n) is 3.11. The van der Waals surface area contributed by atoms with Crippen molar-refractivity contribution in [1.82, 2.24) is 14.6 Å². The molecule has 1 amide bonds. The minimum absolute atomic E-state index is 0.0349. The Morgan fingerprint density at radius 2 is 1.88 bits per heavy atom. The lowest BCUT2D eigenvalue weighted by Gasteiger charge is -2.17. The molecule has 2 N–H and O–H groups in total. The van der Waals surface area contributed by atoms with Crippen LogP contribution in [0.3, 0.4) is 0 Å². The zero-order valence-corrected chi connectivity index (χ0v) is 19.6. The molecule has 0 atom stereocenters. The first-order valence-electron chi connectivity index (χ1n) is 10.3.